The SMILES string of the molecule is C=C(C)C(=O)OC(C)(Cc1ccccc1)Sc1ccccc1. The average Bonchev–Trinajstić information content (AvgIpc) is 2.48. The lowest BCUT2D eigenvalue weighted by atomic mass is 10.1. The van der Waals surface area contributed by atoms with Gasteiger partial charge in [-0.15, -0.1) is 0 Å². The topological polar surface area (TPSA) is 26.3 Å². The van der Waals surface area contributed by atoms with E-state index < -0.39 is 4.93 Å². The van der Waals surface area contributed by atoms with Gasteiger partial charge in [-0.05, 0) is 31.5 Å². The van der Waals surface area contributed by atoms with E-state index in [1.54, 1.807) is 18.7 Å². The minimum absolute atomic E-state index is 0.359. The van der Waals surface area contributed by atoms with E-state index in [1.165, 1.54) is 0 Å². The number of benzene rings is 2. The Kier molecular flexibility index (Phi) is 5.45. The van der Waals surface area contributed by atoms with Crippen molar-refractivity contribution in [3.63, 3.8) is 0 Å². The van der Waals surface area contributed by atoms with Gasteiger partial charge in [0.15, 0.2) is 4.93 Å². The smallest absolute Gasteiger partial charge is 0.334 e. The van der Waals surface area contributed by atoms with Gasteiger partial charge in [0.05, 0.1) is 0 Å². The van der Waals surface area contributed by atoms with Gasteiger partial charge in [-0.25, -0.2) is 4.79 Å². The quantitative estimate of drug-likeness (QED) is 0.330. The Morgan fingerprint density at radius 2 is 1.64 bits per heavy atom. The van der Waals surface area contributed by atoms with Gasteiger partial charge in [-0.1, -0.05) is 66.9 Å². The molecule has 0 spiro atoms. The van der Waals surface area contributed by atoms with Gasteiger partial charge in [0.25, 0.3) is 0 Å². The highest BCUT2D eigenvalue weighted by atomic mass is 32.2. The van der Waals surface area contributed by atoms with Crippen molar-refractivity contribution in [1.82, 2.24) is 0 Å². The van der Waals surface area contributed by atoms with Crippen LogP contribution in [0.2, 0.25) is 0 Å². The highest BCUT2D eigenvalue weighted by Gasteiger charge is 2.31. The highest BCUT2D eigenvalue weighted by Crippen LogP contribution is 2.37. The van der Waals surface area contributed by atoms with E-state index in [9.17, 15) is 4.79 Å². The molecule has 0 heterocycles. The molecular formula is C19H20O2S. The number of carbonyl (C=O) groups is 1. The zero-order valence-electron chi connectivity index (χ0n) is 12.9. The van der Waals surface area contributed by atoms with Crippen molar-refractivity contribution in [2.45, 2.75) is 30.1 Å². The normalized spacial score (nSPS) is 13.2. The Morgan fingerprint density at radius 1 is 1.09 bits per heavy atom. The molecule has 0 radical (unpaired) electrons. The molecule has 2 nitrogen and oxygen atoms in total. The predicted octanol–water partition coefficient (Wildman–Crippen LogP) is 4.86. The summed E-state index contributed by atoms with van der Waals surface area (Å²) in [7, 11) is 0. The van der Waals surface area contributed by atoms with E-state index in [0.29, 0.717) is 12.0 Å². The van der Waals surface area contributed by atoms with Crippen LogP contribution < -0.4 is 0 Å². The van der Waals surface area contributed by atoms with Crippen LogP contribution in [0.5, 0.6) is 0 Å². The third-order valence-corrected chi connectivity index (χ3v) is 4.27. The second kappa shape index (κ2) is 7.32. The first-order valence-electron chi connectivity index (χ1n) is 7.15. The van der Waals surface area contributed by atoms with Crippen LogP contribution in [0.15, 0.2) is 77.7 Å². The maximum absolute atomic E-state index is 12.0. The lowest BCUT2D eigenvalue weighted by Gasteiger charge is -2.29. The van der Waals surface area contributed by atoms with Crippen molar-refractivity contribution in [2.24, 2.45) is 0 Å². The van der Waals surface area contributed by atoms with Crippen LogP contribution in [-0.4, -0.2) is 10.9 Å². The van der Waals surface area contributed by atoms with Crippen LogP contribution in [-0.2, 0) is 16.0 Å². The molecule has 0 saturated carbocycles. The third kappa shape index (κ3) is 4.78. The Balaban J connectivity index is 2.23. The molecule has 2 aromatic rings. The van der Waals surface area contributed by atoms with Gasteiger partial charge in [-0.3, -0.25) is 0 Å². The van der Waals surface area contributed by atoms with Gasteiger partial charge in [0.2, 0.25) is 0 Å². The van der Waals surface area contributed by atoms with E-state index in [2.05, 4.69) is 6.58 Å². The van der Waals surface area contributed by atoms with E-state index in [4.69, 9.17) is 4.74 Å². The minimum Gasteiger partial charge on any atom is -0.444 e. The van der Waals surface area contributed by atoms with Gasteiger partial charge in [-0.2, -0.15) is 0 Å². The summed E-state index contributed by atoms with van der Waals surface area (Å²) < 4.78 is 5.73. The number of thioether (sulfide) groups is 1. The van der Waals surface area contributed by atoms with E-state index >= 15 is 0 Å². The van der Waals surface area contributed by atoms with Crippen LogP contribution >= 0.6 is 11.8 Å². The van der Waals surface area contributed by atoms with Gasteiger partial charge in [0.1, 0.15) is 0 Å². The first-order valence-corrected chi connectivity index (χ1v) is 7.97. The predicted molar refractivity (Wildman–Crippen MR) is 91.8 cm³/mol. The molecule has 0 bridgehead atoms. The van der Waals surface area contributed by atoms with Crippen LogP contribution in [0.3, 0.4) is 0 Å². The summed E-state index contributed by atoms with van der Waals surface area (Å²) in [6.45, 7) is 7.28. The highest BCUT2D eigenvalue weighted by molar-refractivity contribution is 8.00. The van der Waals surface area contributed by atoms with Crippen molar-refractivity contribution in [3.8, 4) is 0 Å². The van der Waals surface area contributed by atoms with Crippen LogP contribution in [0.4, 0.5) is 0 Å². The zero-order valence-corrected chi connectivity index (χ0v) is 13.7. The average molecular weight is 312 g/mol. The summed E-state index contributed by atoms with van der Waals surface area (Å²) in [4.78, 5) is 12.4. The number of hydrogen-bond acceptors (Lipinski definition) is 3. The molecule has 114 valence electrons. The Labute approximate surface area is 136 Å². The molecule has 0 aliphatic carbocycles. The van der Waals surface area contributed by atoms with Gasteiger partial charge >= 0.3 is 5.97 Å². The summed E-state index contributed by atoms with van der Waals surface area (Å²) in [6.07, 6.45) is 0.631. The summed E-state index contributed by atoms with van der Waals surface area (Å²) in [5.41, 5.74) is 1.54. The first-order chi connectivity index (χ1) is 10.5. The van der Waals surface area contributed by atoms with Crippen molar-refractivity contribution in [1.29, 1.82) is 0 Å². The first kappa shape index (κ1) is 16.4. The third-order valence-electron chi connectivity index (χ3n) is 3.10. The number of carbonyl (C=O) groups excluding carboxylic acids is 1. The van der Waals surface area contributed by atoms with E-state index in [0.717, 1.165) is 10.5 Å². The second-order valence-electron chi connectivity index (χ2n) is 5.38. The summed E-state index contributed by atoms with van der Waals surface area (Å²) in [5.74, 6) is -0.359. The van der Waals surface area contributed by atoms with Gasteiger partial charge < -0.3 is 4.74 Å². The van der Waals surface area contributed by atoms with Crippen molar-refractivity contribution < 1.29 is 9.53 Å². The Hall–Kier alpha value is -2.00. The minimum atomic E-state index is -0.682. The van der Waals surface area contributed by atoms with E-state index in [-0.39, 0.29) is 5.97 Å². The van der Waals surface area contributed by atoms with Crippen molar-refractivity contribution in [2.75, 3.05) is 0 Å². The fourth-order valence-electron chi connectivity index (χ4n) is 2.08. The number of ether oxygens (including phenoxy) is 1. The van der Waals surface area contributed by atoms with Crippen molar-refractivity contribution >= 4 is 17.7 Å². The van der Waals surface area contributed by atoms with Gasteiger partial charge in [0, 0.05) is 16.9 Å². The molecule has 0 aromatic heterocycles. The molecule has 3 heteroatoms. The molecule has 0 aliphatic rings. The molecule has 0 saturated heterocycles. The van der Waals surface area contributed by atoms with Crippen LogP contribution in [0.25, 0.3) is 0 Å². The molecule has 0 fully saturated rings. The molecule has 2 aromatic carbocycles. The number of rotatable bonds is 6. The fraction of sp³-hybridized carbons (Fsp3) is 0.211. The lowest BCUT2D eigenvalue weighted by molar-refractivity contribution is -0.145. The fourth-order valence-corrected chi connectivity index (χ4v) is 3.23. The second-order valence-corrected chi connectivity index (χ2v) is 6.92. The standard InChI is InChI=1S/C19H20O2S/c1-15(2)18(20)21-19(3,14-16-10-6-4-7-11-16)22-17-12-8-5-9-13-17/h4-13H,1,14H2,2-3H3. The summed E-state index contributed by atoms with van der Waals surface area (Å²) in [6, 6.07) is 20.0. The summed E-state index contributed by atoms with van der Waals surface area (Å²) >= 11 is 1.55. The molecule has 1 atom stereocenters. The maximum atomic E-state index is 12.0. The molecular weight excluding hydrogens is 292 g/mol. The van der Waals surface area contributed by atoms with E-state index in [1.807, 2.05) is 67.6 Å². The van der Waals surface area contributed by atoms with Crippen molar-refractivity contribution in [3.05, 3.63) is 78.4 Å². The largest absolute Gasteiger partial charge is 0.444 e. The summed E-state index contributed by atoms with van der Waals surface area (Å²) in [5, 5.41) is 0. The lowest BCUT2D eigenvalue weighted by Crippen LogP contribution is -2.31. The van der Waals surface area contributed by atoms with Crippen LogP contribution in [0, 0.1) is 0 Å². The molecule has 22 heavy (non-hydrogen) atoms. The maximum Gasteiger partial charge on any atom is 0.334 e. The monoisotopic (exact) mass is 312 g/mol. The van der Waals surface area contributed by atoms with Crippen LogP contribution in [0.1, 0.15) is 19.4 Å². The molecule has 2 rings (SSSR count). The molecule has 0 aliphatic heterocycles. The Bertz CT molecular complexity index is 593. The molecule has 0 amide bonds. The zero-order chi connectivity index (χ0) is 16.0. The number of hydrogen-bond donors (Lipinski definition) is 0. The molecule has 0 N–H and O–H groups in total. The number of esters is 1. The Morgan fingerprint density at radius 3 is 2.18 bits per heavy atom. The molecule has 1 unspecified atom stereocenters.